The maximum absolute atomic E-state index is 12.6. The lowest BCUT2D eigenvalue weighted by atomic mass is 9.98. The van der Waals surface area contributed by atoms with Crippen LogP contribution in [-0.2, 0) is 45.4 Å². The lowest BCUT2D eigenvalue weighted by Gasteiger charge is -2.18. The van der Waals surface area contributed by atoms with Crippen LogP contribution in [0.25, 0.3) is 0 Å². The molecule has 1 heterocycles. The average Bonchev–Trinajstić information content (AvgIpc) is 3.12. The number of hydrogen-bond acceptors (Lipinski definition) is 12. The molecule has 12 nitrogen and oxygen atoms in total. The number of hydrogen-bond donors (Lipinski definition) is 0. The Morgan fingerprint density at radius 3 is 0.854 bits per heavy atom. The Hall–Kier alpha value is -6.04. The molecule has 0 fully saturated rings. The Morgan fingerprint density at radius 2 is 0.646 bits per heavy atom. The number of carbonyl (C=O) groups excluding carboxylic acids is 4. The van der Waals surface area contributed by atoms with Crippen LogP contribution < -0.4 is 18.9 Å². The van der Waals surface area contributed by atoms with E-state index >= 15 is 0 Å². The molecule has 0 radical (unpaired) electrons. The van der Waals surface area contributed by atoms with E-state index in [4.69, 9.17) is 37.9 Å². The van der Waals surface area contributed by atoms with Crippen molar-refractivity contribution >= 4 is 23.9 Å². The lowest BCUT2D eigenvalue weighted by molar-refractivity contribution is 0.0554. The van der Waals surface area contributed by atoms with Gasteiger partial charge in [-0.2, -0.15) is 0 Å². The van der Waals surface area contributed by atoms with Gasteiger partial charge < -0.3 is 37.9 Å². The fourth-order valence-corrected chi connectivity index (χ4v) is 4.98. The number of rotatable bonds is 4. The highest BCUT2D eigenvalue weighted by Gasteiger charge is 2.24. The first kappa shape index (κ1) is 33.3. The first-order valence-electron chi connectivity index (χ1n) is 14.6. The van der Waals surface area contributed by atoms with Crippen molar-refractivity contribution in [2.75, 3.05) is 28.4 Å². The smallest absolute Gasteiger partial charge is 0.338 e. The van der Waals surface area contributed by atoms with Crippen molar-refractivity contribution in [1.82, 2.24) is 0 Å². The van der Waals surface area contributed by atoms with E-state index in [1.165, 1.54) is 52.7 Å². The van der Waals surface area contributed by atoms with Crippen LogP contribution in [0.5, 0.6) is 23.0 Å². The minimum absolute atomic E-state index is 0.00161. The van der Waals surface area contributed by atoms with E-state index in [1.54, 1.807) is 48.5 Å². The zero-order chi connectivity index (χ0) is 34.2. The fourth-order valence-electron chi connectivity index (χ4n) is 4.98. The maximum atomic E-state index is 12.6. The van der Waals surface area contributed by atoms with Crippen LogP contribution in [0.4, 0.5) is 0 Å². The molecule has 4 aromatic carbocycles. The Kier molecular flexibility index (Phi) is 10.4. The summed E-state index contributed by atoms with van der Waals surface area (Å²) < 4.78 is 44.1. The molecule has 5 rings (SSSR count). The summed E-state index contributed by atoms with van der Waals surface area (Å²) in [7, 11) is 4.88. The van der Waals surface area contributed by atoms with Gasteiger partial charge in [-0.15, -0.1) is 0 Å². The van der Waals surface area contributed by atoms with Gasteiger partial charge in [0.05, 0.1) is 50.7 Å². The van der Waals surface area contributed by atoms with E-state index in [0.29, 0.717) is 45.3 Å². The Morgan fingerprint density at radius 1 is 0.417 bits per heavy atom. The molecule has 0 unspecified atom stereocenters. The molecular formula is C36H32O12. The van der Waals surface area contributed by atoms with Gasteiger partial charge in [0.1, 0.15) is 49.4 Å². The van der Waals surface area contributed by atoms with Gasteiger partial charge in [0.25, 0.3) is 0 Å². The summed E-state index contributed by atoms with van der Waals surface area (Å²) in [5, 5.41) is 0. The first-order chi connectivity index (χ1) is 23.2. The largest absolute Gasteiger partial charge is 0.489 e. The molecule has 4 bridgehead atoms. The number of ether oxygens (including phenoxy) is 8. The van der Waals surface area contributed by atoms with E-state index in [9.17, 15) is 19.2 Å². The maximum Gasteiger partial charge on any atom is 0.338 e. The van der Waals surface area contributed by atoms with Gasteiger partial charge in [-0.3, -0.25) is 0 Å². The highest BCUT2D eigenvalue weighted by Crippen LogP contribution is 2.29. The molecule has 0 atom stereocenters. The van der Waals surface area contributed by atoms with Gasteiger partial charge in [-0.05, 0) is 70.8 Å². The van der Waals surface area contributed by atoms with Crippen LogP contribution in [-0.4, -0.2) is 52.3 Å². The summed E-state index contributed by atoms with van der Waals surface area (Å²) in [5.74, 6) is -1.06. The van der Waals surface area contributed by atoms with E-state index in [0.717, 1.165) is 0 Å². The zero-order valence-corrected chi connectivity index (χ0v) is 26.7. The summed E-state index contributed by atoms with van der Waals surface area (Å²) in [6, 6.07) is 19.8. The molecule has 48 heavy (non-hydrogen) atoms. The van der Waals surface area contributed by atoms with Gasteiger partial charge in [-0.1, -0.05) is 12.1 Å². The summed E-state index contributed by atoms with van der Waals surface area (Å²) in [4.78, 5) is 50.6. The highest BCUT2D eigenvalue weighted by atomic mass is 16.5. The van der Waals surface area contributed by atoms with E-state index in [-0.39, 0.29) is 48.7 Å². The van der Waals surface area contributed by atoms with Crippen molar-refractivity contribution in [3.05, 3.63) is 117 Å². The molecule has 0 saturated heterocycles. The normalized spacial score (nSPS) is 12.4. The van der Waals surface area contributed by atoms with Gasteiger partial charge in [0, 0.05) is 12.1 Å². The summed E-state index contributed by atoms with van der Waals surface area (Å²) in [5.41, 5.74) is 2.32. The topological polar surface area (TPSA) is 142 Å². The van der Waals surface area contributed by atoms with Crippen LogP contribution in [0.15, 0.2) is 72.8 Å². The third kappa shape index (κ3) is 7.49. The molecule has 12 heteroatoms. The van der Waals surface area contributed by atoms with Crippen molar-refractivity contribution in [1.29, 1.82) is 0 Å². The standard InChI is InChI=1S/C36H32O12/c1-41-33(37)29-11-21-17-45-25-7-5-9-27(15-25)47-19-23-13-31(35(39)43-3)32(36(40)44-4)14-24(23)20-48-28-10-6-8-26(16-28)46-18-22(21)12-30(29)34(38)42-2/h5-16H,17-20H2,1-4H3. The minimum Gasteiger partial charge on any atom is -0.489 e. The quantitative estimate of drug-likeness (QED) is 0.203. The number of esters is 4. The number of methoxy groups -OCH3 is 4. The molecule has 0 aromatic heterocycles. The summed E-state index contributed by atoms with van der Waals surface area (Å²) in [6.45, 7) is -0.00646. The van der Waals surface area contributed by atoms with Gasteiger partial charge in [0.15, 0.2) is 0 Å². The van der Waals surface area contributed by atoms with Gasteiger partial charge in [-0.25, -0.2) is 19.2 Å². The van der Waals surface area contributed by atoms with Gasteiger partial charge >= 0.3 is 23.9 Å². The predicted octanol–water partition coefficient (Wildman–Crippen LogP) is 5.46. The minimum atomic E-state index is -0.715. The monoisotopic (exact) mass is 656 g/mol. The van der Waals surface area contributed by atoms with E-state index < -0.39 is 23.9 Å². The number of carbonyl (C=O) groups is 4. The molecule has 1 aliphatic heterocycles. The second-order valence-electron chi connectivity index (χ2n) is 10.4. The van der Waals surface area contributed by atoms with Crippen molar-refractivity contribution in [2.24, 2.45) is 0 Å². The summed E-state index contributed by atoms with van der Waals surface area (Å²) >= 11 is 0. The third-order valence-corrected chi connectivity index (χ3v) is 7.49. The second kappa shape index (κ2) is 15.0. The average molecular weight is 657 g/mol. The molecule has 1 aliphatic rings. The first-order valence-corrected chi connectivity index (χ1v) is 14.6. The second-order valence-corrected chi connectivity index (χ2v) is 10.4. The molecule has 0 N–H and O–H groups in total. The predicted molar refractivity (Wildman–Crippen MR) is 168 cm³/mol. The van der Waals surface area contributed by atoms with E-state index in [2.05, 4.69) is 0 Å². The fraction of sp³-hybridized carbons (Fsp3) is 0.222. The number of benzene rings is 4. The number of fused-ring (bicyclic) bond motifs is 6. The SMILES string of the molecule is COC(=O)c1cc2c(cc1C(=O)OC)COc1cccc(c1)OCc1cc(C(=O)OC)c(C(=O)OC)cc1COc1cccc(c1)OC2. The van der Waals surface area contributed by atoms with Crippen LogP contribution in [0, 0.1) is 0 Å². The van der Waals surface area contributed by atoms with Crippen LogP contribution in [0.3, 0.4) is 0 Å². The molecule has 4 aromatic rings. The zero-order valence-electron chi connectivity index (χ0n) is 26.7. The molecule has 248 valence electrons. The van der Waals surface area contributed by atoms with Crippen LogP contribution in [0.1, 0.15) is 63.7 Å². The molecule has 0 aliphatic carbocycles. The molecule has 0 amide bonds. The Bertz CT molecular complexity index is 1600. The lowest BCUT2D eigenvalue weighted by Crippen LogP contribution is -2.16. The van der Waals surface area contributed by atoms with E-state index in [1.807, 2.05) is 0 Å². The van der Waals surface area contributed by atoms with Crippen LogP contribution >= 0.6 is 0 Å². The Labute approximate surface area is 276 Å². The highest BCUT2D eigenvalue weighted by molar-refractivity contribution is 6.04. The third-order valence-electron chi connectivity index (χ3n) is 7.49. The Balaban J connectivity index is 1.58. The molecular weight excluding hydrogens is 624 g/mol. The van der Waals surface area contributed by atoms with Gasteiger partial charge in [0.2, 0.25) is 0 Å². The molecule has 0 spiro atoms. The van der Waals surface area contributed by atoms with Crippen LogP contribution in [0.2, 0.25) is 0 Å². The molecule has 0 saturated carbocycles. The van der Waals surface area contributed by atoms with Crippen molar-refractivity contribution in [3.8, 4) is 23.0 Å². The summed E-state index contributed by atoms with van der Waals surface area (Å²) in [6.07, 6.45) is 0. The van der Waals surface area contributed by atoms with Crippen molar-refractivity contribution in [3.63, 3.8) is 0 Å². The van der Waals surface area contributed by atoms with Crippen molar-refractivity contribution < 1.29 is 57.1 Å². The van der Waals surface area contributed by atoms with Crippen molar-refractivity contribution in [2.45, 2.75) is 26.4 Å².